The molecule has 0 fully saturated rings. The average Bonchev–Trinajstić information content (AvgIpc) is 3.04. The quantitative estimate of drug-likeness (QED) is 0.576. The van der Waals surface area contributed by atoms with Crippen LogP contribution in [0.4, 0.5) is 4.39 Å². The lowest BCUT2D eigenvalue weighted by Crippen LogP contribution is -2.30. The van der Waals surface area contributed by atoms with Gasteiger partial charge in [-0.1, -0.05) is 35.9 Å². The summed E-state index contributed by atoms with van der Waals surface area (Å²) in [5.74, 6) is -0.378. The number of carbonyl (C=O) groups is 1. The number of hydrogen-bond donors (Lipinski definition) is 0. The molecule has 27 heavy (non-hydrogen) atoms. The molecule has 2 aromatic carbocycles. The van der Waals surface area contributed by atoms with Crippen LogP contribution < -0.4 is 4.74 Å². The Bertz CT molecular complexity index is 943. The molecule has 1 amide bonds. The van der Waals surface area contributed by atoms with Crippen LogP contribution in [0.15, 0.2) is 48.5 Å². The monoisotopic (exact) mass is 404 g/mol. The van der Waals surface area contributed by atoms with Gasteiger partial charge in [-0.15, -0.1) is 11.3 Å². The molecule has 3 aromatic rings. The van der Waals surface area contributed by atoms with E-state index < -0.39 is 5.82 Å². The van der Waals surface area contributed by atoms with E-state index in [1.165, 1.54) is 17.4 Å². The fraction of sp³-hybridized carbons (Fsp3) is 0.200. The first-order valence-electron chi connectivity index (χ1n) is 8.32. The van der Waals surface area contributed by atoms with Gasteiger partial charge in [0.05, 0.1) is 12.2 Å². The third kappa shape index (κ3) is 4.64. The lowest BCUT2D eigenvalue weighted by molar-refractivity contribution is 0.0776. The summed E-state index contributed by atoms with van der Waals surface area (Å²) in [5, 5.41) is 1.42. The molecule has 1 aromatic heterocycles. The second kappa shape index (κ2) is 8.50. The number of thiazole rings is 1. The van der Waals surface area contributed by atoms with Crippen LogP contribution in [0.2, 0.25) is 5.02 Å². The average molecular weight is 405 g/mol. The molecule has 1 heterocycles. The number of hydrogen-bond acceptors (Lipinski definition) is 4. The van der Waals surface area contributed by atoms with Crippen molar-refractivity contribution < 1.29 is 13.9 Å². The van der Waals surface area contributed by atoms with Crippen LogP contribution in [0.1, 0.15) is 15.4 Å². The highest BCUT2D eigenvalue weighted by atomic mass is 35.5. The Labute approximate surface area is 166 Å². The molecule has 0 atom stereocenters. The molecule has 0 aliphatic carbocycles. The van der Waals surface area contributed by atoms with E-state index in [0.29, 0.717) is 22.1 Å². The summed E-state index contributed by atoms with van der Waals surface area (Å²) in [6, 6.07) is 13.5. The number of ether oxygens (including phenoxy) is 1. The number of carbonyl (C=O) groups excluding carboxylic acids is 1. The Morgan fingerprint density at radius 3 is 2.63 bits per heavy atom. The van der Waals surface area contributed by atoms with Crippen molar-refractivity contribution in [3.63, 3.8) is 0 Å². The maximum absolute atomic E-state index is 13.6. The predicted molar refractivity (Wildman–Crippen MR) is 106 cm³/mol. The number of amides is 1. The minimum Gasteiger partial charge on any atom is -0.489 e. The summed E-state index contributed by atoms with van der Waals surface area (Å²) in [5.41, 5.74) is 1.59. The first kappa shape index (κ1) is 19.3. The van der Waals surface area contributed by atoms with Crippen molar-refractivity contribution in [3.05, 3.63) is 69.9 Å². The Hall–Kier alpha value is -2.44. The molecule has 0 saturated carbocycles. The third-order valence-electron chi connectivity index (χ3n) is 3.95. The highest BCUT2D eigenvalue weighted by Crippen LogP contribution is 2.29. The zero-order valence-electron chi connectivity index (χ0n) is 14.9. The smallest absolute Gasteiger partial charge is 0.265 e. The fourth-order valence-corrected chi connectivity index (χ4v) is 3.63. The van der Waals surface area contributed by atoms with Crippen molar-refractivity contribution in [2.45, 2.75) is 6.92 Å². The number of aryl methyl sites for hydroxylation is 1. The number of aromatic nitrogens is 1. The molecule has 0 unspecified atom stereocenters. The van der Waals surface area contributed by atoms with Crippen molar-refractivity contribution >= 4 is 28.8 Å². The summed E-state index contributed by atoms with van der Waals surface area (Å²) < 4.78 is 19.0. The van der Waals surface area contributed by atoms with E-state index in [2.05, 4.69) is 4.98 Å². The molecule has 0 radical (unpaired) electrons. The van der Waals surface area contributed by atoms with Crippen LogP contribution in [-0.2, 0) is 0 Å². The molecule has 3 rings (SSSR count). The molecule has 0 aliphatic rings. The van der Waals surface area contributed by atoms with Gasteiger partial charge in [-0.25, -0.2) is 9.37 Å². The Morgan fingerprint density at radius 1 is 1.22 bits per heavy atom. The van der Waals surface area contributed by atoms with Gasteiger partial charge in [0.15, 0.2) is 11.6 Å². The second-order valence-electron chi connectivity index (χ2n) is 5.95. The van der Waals surface area contributed by atoms with Gasteiger partial charge in [-0.3, -0.25) is 4.79 Å². The SMILES string of the molecule is Cc1nc(-c2ccc(Cl)cc2)sc1C(=O)N(C)CCOc1ccccc1F. The number of para-hydroxylation sites is 1. The summed E-state index contributed by atoms with van der Waals surface area (Å²) in [7, 11) is 1.69. The molecular weight excluding hydrogens is 387 g/mol. The lowest BCUT2D eigenvalue weighted by atomic mass is 10.2. The number of halogens is 2. The minimum absolute atomic E-state index is 0.137. The van der Waals surface area contributed by atoms with E-state index in [4.69, 9.17) is 16.3 Å². The Kier molecular flexibility index (Phi) is 6.08. The Morgan fingerprint density at radius 2 is 1.93 bits per heavy atom. The first-order valence-corrected chi connectivity index (χ1v) is 9.51. The van der Waals surface area contributed by atoms with Gasteiger partial charge in [0, 0.05) is 17.6 Å². The predicted octanol–water partition coefficient (Wildman–Crippen LogP) is 5.06. The van der Waals surface area contributed by atoms with Gasteiger partial charge < -0.3 is 9.64 Å². The van der Waals surface area contributed by atoms with Crippen LogP contribution in [0.5, 0.6) is 5.75 Å². The summed E-state index contributed by atoms with van der Waals surface area (Å²) in [6.45, 7) is 2.35. The van der Waals surface area contributed by atoms with E-state index >= 15 is 0 Å². The highest BCUT2D eigenvalue weighted by molar-refractivity contribution is 7.17. The maximum atomic E-state index is 13.6. The Balaban J connectivity index is 1.64. The summed E-state index contributed by atoms with van der Waals surface area (Å²) in [6.07, 6.45) is 0. The van der Waals surface area contributed by atoms with Crippen LogP contribution in [0, 0.1) is 12.7 Å². The second-order valence-corrected chi connectivity index (χ2v) is 7.38. The molecule has 0 spiro atoms. The van der Waals surface area contributed by atoms with E-state index in [-0.39, 0.29) is 18.3 Å². The van der Waals surface area contributed by atoms with Crippen molar-refractivity contribution in [2.75, 3.05) is 20.2 Å². The zero-order valence-corrected chi connectivity index (χ0v) is 16.5. The van der Waals surface area contributed by atoms with Crippen molar-refractivity contribution in [1.82, 2.24) is 9.88 Å². The van der Waals surface area contributed by atoms with Gasteiger partial charge in [-0.2, -0.15) is 0 Å². The molecular formula is C20H18ClFN2O2S. The normalized spacial score (nSPS) is 10.7. The molecule has 0 N–H and O–H groups in total. The van der Waals surface area contributed by atoms with Gasteiger partial charge >= 0.3 is 0 Å². The van der Waals surface area contributed by atoms with Crippen molar-refractivity contribution in [1.29, 1.82) is 0 Å². The minimum atomic E-state index is -0.419. The van der Waals surface area contributed by atoms with Crippen molar-refractivity contribution in [3.8, 4) is 16.3 Å². The molecule has 0 saturated heterocycles. The van der Waals surface area contributed by atoms with Crippen LogP contribution in [0.3, 0.4) is 0 Å². The first-order chi connectivity index (χ1) is 13.0. The standard InChI is InChI=1S/C20H18ClFN2O2S/c1-13-18(27-19(23-13)14-7-9-15(21)10-8-14)20(25)24(2)11-12-26-17-6-4-3-5-16(17)22/h3-10H,11-12H2,1-2H3. The lowest BCUT2D eigenvalue weighted by Gasteiger charge is -2.17. The topological polar surface area (TPSA) is 42.4 Å². The van der Waals surface area contributed by atoms with Crippen molar-refractivity contribution in [2.24, 2.45) is 0 Å². The van der Waals surface area contributed by atoms with E-state index in [9.17, 15) is 9.18 Å². The number of benzene rings is 2. The number of nitrogens with zero attached hydrogens (tertiary/aromatic N) is 2. The zero-order chi connectivity index (χ0) is 19.4. The van der Waals surface area contributed by atoms with E-state index in [1.54, 1.807) is 42.3 Å². The van der Waals surface area contributed by atoms with Crippen LogP contribution in [0.25, 0.3) is 10.6 Å². The molecule has 4 nitrogen and oxygen atoms in total. The number of likely N-dealkylation sites (N-methyl/N-ethyl adjacent to an activating group) is 1. The van der Waals surface area contributed by atoms with Crippen LogP contribution in [-0.4, -0.2) is 36.0 Å². The largest absolute Gasteiger partial charge is 0.489 e. The van der Waals surface area contributed by atoms with Gasteiger partial charge in [0.1, 0.15) is 16.5 Å². The van der Waals surface area contributed by atoms with Crippen LogP contribution >= 0.6 is 22.9 Å². The summed E-state index contributed by atoms with van der Waals surface area (Å²) in [4.78, 5) is 19.3. The highest BCUT2D eigenvalue weighted by Gasteiger charge is 2.19. The van der Waals surface area contributed by atoms with Gasteiger partial charge in [0.25, 0.3) is 5.91 Å². The molecule has 0 bridgehead atoms. The third-order valence-corrected chi connectivity index (χ3v) is 5.40. The van der Waals surface area contributed by atoms with Gasteiger partial charge in [0.2, 0.25) is 0 Å². The molecule has 0 aliphatic heterocycles. The van der Waals surface area contributed by atoms with Gasteiger partial charge in [-0.05, 0) is 31.2 Å². The fourth-order valence-electron chi connectivity index (χ4n) is 2.44. The van der Waals surface area contributed by atoms with E-state index in [0.717, 1.165) is 10.6 Å². The maximum Gasteiger partial charge on any atom is 0.265 e. The summed E-state index contributed by atoms with van der Waals surface area (Å²) >= 11 is 7.26. The molecule has 140 valence electrons. The van der Waals surface area contributed by atoms with E-state index in [1.807, 2.05) is 19.1 Å². The number of rotatable bonds is 6. The molecule has 7 heteroatoms.